The molecule has 2 saturated heterocycles. The van der Waals surface area contributed by atoms with Crippen molar-refractivity contribution in [1.29, 1.82) is 0 Å². The number of piperazine rings is 1. The molecule has 2 N–H and O–H groups in total. The molecule has 3 aliphatic rings. The van der Waals surface area contributed by atoms with Crippen molar-refractivity contribution >= 4 is 11.8 Å². The highest BCUT2D eigenvalue weighted by Crippen LogP contribution is 2.50. The lowest BCUT2D eigenvalue weighted by Gasteiger charge is -2.59. The monoisotopic (exact) mass is 382 g/mol. The average molecular weight is 383 g/mol. The molecule has 2 aliphatic heterocycles. The van der Waals surface area contributed by atoms with E-state index in [0.717, 1.165) is 0 Å². The zero-order chi connectivity index (χ0) is 19.7. The van der Waals surface area contributed by atoms with Crippen LogP contribution >= 0.6 is 0 Å². The number of amides is 2. The Balaban J connectivity index is 1.49. The van der Waals surface area contributed by atoms with Crippen molar-refractivity contribution in [2.75, 3.05) is 65.6 Å². The SMILES string of the molecule is CCOC1CC(N)(C(=O)N2CCN(CC(=O)N3CCOCC3)CC2)C1(C)C. The van der Waals surface area contributed by atoms with Crippen molar-refractivity contribution in [2.45, 2.75) is 38.8 Å². The quantitative estimate of drug-likeness (QED) is 0.691. The van der Waals surface area contributed by atoms with Gasteiger partial charge in [0.2, 0.25) is 11.8 Å². The zero-order valence-electron chi connectivity index (χ0n) is 16.9. The molecule has 0 aromatic rings. The highest BCUT2D eigenvalue weighted by molar-refractivity contribution is 5.89. The number of morpholine rings is 1. The molecule has 2 heterocycles. The second-order valence-corrected chi connectivity index (χ2v) is 8.40. The van der Waals surface area contributed by atoms with E-state index in [9.17, 15) is 9.59 Å². The van der Waals surface area contributed by atoms with Crippen LogP contribution in [0.2, 0.25) is 0 Å². The predicted octanol–water partition coefficient (Wildman–Crippen LogP) is -0.478. The lowest BCUT2D eigenvalue weighted by atomic mass is 9.54. The molecule has 0 bridgehead atoms. The Kier molecular flexibility index (Phi) is 6.10. The molecule has 8 heteroatoms. The largest absolute Gasteiger partial charge is 0.378 e. The second kappa shape index (κ2) is 8.03. The van der Waals surface area contributed by atoms with Gasteiger partial charge < -0.3 is 25.0 Å². The molecule has 1 saturated carbocycles. The van der Waals surface area contributed by atoms with Crippen molar-refractivity contribution in [2.24, 2.45) is 11.1 Å². The summed E-state index contributed by atoms with van der Waals surface area (Å²) in [6.45, 7) is 12.3. The standard InChI is InChI=1S/C19H34N4O4/c1-4-27-15-13-19(20,18(15,2)3)17(25)23-7-5-21(6-8-23)14-16(24)22-9-11-26-12-10-22/h15H,4-14,20H2,1-3H3. The van der Waals surface area contributed by atoms with Gasteiger partial charge in [0.25, 0.3) is 0 Å². The molecule has 2 amide bonds. The summed E-state index contributed by atoms with van der Waals surface area (Å²) in [5.74, 6) is 0.163. The Bertz CT molecular complexity index is 556. The van der Waals surface area contributed by atoms with Gasteiger partial charge in [0, 0.05) is 57.7 Å². The Morgan fingerprint density at radius 1 is 1.07 bits per heavy atom. The molecule has 1 aliphatic carbocycles. The zero-order valence-corrected chi connectivity index (χ0v) is 16.9. The van der Waals surface area contributed by atoms with E-state index >= 15 is 0 Å². The molecule has 2 atom stereocenters. The fourth-order valence-electron chi connectivity index (χ4n) is 4.29. The first-order valence-electron chi connectivity index (χ1n) is 10.1. The summed E-state index contributed by atoms with van der Waals surface area (Å²) >= 11 is 0. The van der Waals surface area contributed by atoms with Gasteiger partial charge in [-0.05, 0) is 6.92 Å². The lowest BCUT2D eigenvalue weighted by Crippen LogP contribution is -2.76. The van der Waals surface area contributed by atoms with Crippen molar-refractivity contribution in [1.82, 2.24) is 14.7 Å². The van der Waals surface area contributed by atoms with E-state index in [0.29, 0.717) is 72.1 Å². The number of hydrogen-bond donors (Lipinski definition) is 1. The van der Waals surface area contributed by atoms with Crippen molar-refractivity contribution in [3.63, 3.8) is 0 Å². The third-order valence-electron chi connectivity index (χ3n) is 6.59. The fourth-order valence-corrected chi connectivity index (χ4v) is 4.29. The second-order valence-electron chi connectivity index (χ2n) is 8.40. The van der Waals surface area contributed by atoms with Crippen LogP contribution in [-0.4, -0.2) is 104 Å². The van der Waals surface area contributed by atoms with Crippen molar-refractivity contribution < 1.29 is 19.1 Å². The van der Waals surface area contributed by atoms with Gasteiger partial charge in [0.05, 0.1) is 25.9 Å². The number of hydrogen-bond acceptors (Lipinski definition) is 6. The maximum absolute atomic E-state index is 13.1. The third-order valence-corrected chi connectivity index (χ3v) is 6.59. The molecule has 0 radical (unpaired) electrons. The molecular formula is C19H34N4O4. The van der Waals surface area contributed by atoms with Crippen LogP contribution in [0, 0.1) is 5.41 Å². The van der Waals surface area contributed by atoms with E-state index in [1.54, 1.807) is 0 Å². The van der Waals surface area contributed by atoms with Gasteiger partial charge >= 0.3 is 0 Å². The van der Waals surface area contributed by atoms with Crippen LogP contribution in [0.5, 0.6) is 0 Å². The molecule has 0 spiro atoms. The predicted molar refractivity (Wildman–Crippen MR) is 101 cm³/mol. The van der Waals surface area contributed by atoms with Gasteiger partial charge in [-0.15, -0.1) is 0 Å². The third kappa shape index (κ3) is 3.85. The minimum atomic E-state index is -0.862. The van der Waals surface area contributed by atoms with Crippen molar-refractivity contribution in [3.8, 4) is 0 Å². The molecule has 27 heavy (non-hydrogen) atoms. The Hall–Kier alpha value is -1.22. The molecule has 0 aromatic carbocycles. The first kappa shape index (κ1) is 20.5. The van der Waals surface area contributed by atoms with E-state index in [4.69, 9.17) is 15.2 Å². The van der Waals surface area contributed by atoms with Gasteiger partial charge in [0.1, 0.15) is 5.54 Å². The number of nitrogens with two attached hydrogens (primary N) is 1. The normalized spacial score (nSPS) is 31.5. The van der Waals surface area contributed by atoms with E-state index in [-0.39, 0.29) is 23.3 Å². The van der Waals surface area contributed by atoms with E-state index < -0.39 is 5.54 Å². The molecular weight excluding hydrogens is 348 g/mol. The number of carbonyl (C=O) groups excluding carboxylic acids is 2. The number of ether oxygens (including phenoxy) is 2. The van der Waals surface area contributed by atoms with E-state index in [1.807, 2.05) is 30.6 Å². The summed E-state index contributed by atoms with van der Waals surface area (Å²) < 4.78 is 11.0. The summed E-state index contributed by atoms with van der Waals surface area (Å²) in [6.07, 6.45) is 0.603. The van der Waals surface area contributed by atoms with E-state index in [2.05, 4.69) is 4.90 Å². The minimum Gasteiger partial charge on any atom is -0.378 e. The van der Waals surface area contributed by atoms with Crippen LogP contribution in [0.4, 0.5) is 0 Å². The van der Waals surface area contributed by atoms with Gasteiger partial charge in [0.15, 0.2) is 0 Å². The topological polar surface area (TPSA) is 88.3 Å². The summed E-state index contributed by atoms with van der Waals surface area (Å²) in [6, 6.07) is 0. The molecule has 3 rings (SSSR count). The maximum atomic E-state index is 13.1. The molecule has 3 fully saturated rings. The van der Waals surface area contributed by atoms with Gasteiger partial charge in [-0.3, -0.25) is 14.5 Å². The Labute approximate surface area is 161 Å². The summed E-state index contributed by atoms with van der Waals surface area (Å²) in [5.41, 5.74) is 5.30. The Morgan fingerprint density at radius 3 is 2.26 bits per heavy atom. The van der Waals surface area contributed by atoms with Crippen LogP contribution < -0.4 is 5.73 Å². The highest BCUT2D eigenvalue weighted by atomic mass is 16.5. The first-order valence-corrected chi connectivity index (χ1v) is 10.1. The molecule has 0 aromatic heterocycles. The summed E-state index contributed by atoms with van der Waals surface area (Å²) in [7, 11) is 0. The molecule has 8 nitrogen and oxygen atoms in total. The van der Waals surface area contributed by atoms with Crippen molar-refractivity contribution in [3.05, 3.63) is 0 Å². The van der Waals surface area contributed by atoms with E-state index in [1.165, 1.54) is 0 Å². The fraction of sp³-hybridized carbons (Fsp3) is 0.895. The number of rotatable bonds is 5. The van der Waals surface area contributed by atoms with Gasteiger partial charge in [-0.2, -0.15) is 0 Å². The van der Waals surface area contributed by atoms with Gasteiger partial charge in [-0.1, -0.05) is 13.8 Å². The lowest BCUT2D eigenvalue weighted by molar-refractivity contribution is -0.180. The smallest absolute Gasteiger partial charge is 0.243 e. The first-order chi connectivity index (χ1) is 12.8. The van der Waals surface area contributed by atoms with Crippen LogP contribution in [0.1, 0.15) is 27.2 Å². The number of nitrogens with zero attached hydrogens (tertiary/aromatic N) is 3. The van der Waals surface area contributed by atoms with Crippen LogP contribution in [-0.2, 0) is 19.1 Å². The maximum Gasteiger partial charge on any atom is 0.243 e. The van der Waals surface area contributed by atoms with Crippen LogP contribution in [0.3, 0.4) is 0 Å². The number of carbonyl (C=O) groups is 2. The minimum absolute atomic E-state index is 0.0163. The highest BCUT2D eigenvalue weighted by Gasteiger charge is 2.63. The Morgan fingerprint density at radius 2 is 1.70 bits per heavy atom. The molecule has 2 unspecified atom stereocenters. The summed E-state index contributed by atoms with van der Waals surface area (Å²) in [4.78, 5) is 31.3. The van der Waals surface area contributed by atoms with Crippen LogP contribution in [0.25, 0.3) is 0 Å². The van der Waals surface area contributed by atoms with Crippen LogP contribution in [0.15, 0.2) is 0 Å². The summed E-state index contributed by atoms with van der Waals surface area (Å²) in [5, 5.41) is 0. The molecule has 154 valence electrons. The van der Waals surface area contributed by atoms with Gasteiger partial charge in [-0.25, -0.2) is 0 Å². The average Bonchev–Trinajstić information content (AvgIpc) is 2.68.